The Morgan fingerprint density at radius 3 is 2.79 bits per heavy atom. The molecule has 0 N–H and O–H groups in total. The summed E-state index contributed by atoms with van der Waals surface area (Å²) >= 11 is 0. The predicted molar refractivity (Wildman–Crippen MR) is 103 cm³/mol. The first-order chi connectivity index (χ1) is 13.8. The quantitative estimate of drug-likeness (QED) is 0.702. The van der Waals surface area contributed by atoms with Crippen LogP contribution in [0, 0.1) is 0 Å². The lowest BCUT2D eigenvalue weighted by Gasteiger charge is -2.23. The number of anilines is 1. The van der Waals surface area contributed by atoms with Crippen molar-refractivity contribution in [2.24, 2.45) is 0 Å². The normalized spacial score (nSPS) is 15.3. The summed E-state index contributed by atoms with van der Waals surface area (Å²) in [5.41, 5.74) is 4.90. The molecule has 1 aromatic heterocycles. The molecule has 3 heterocycles. The first kappa shape index (κ1) is 16.8. The van der Waals surface area contributed by atoms with Gasteiger partial charge in [0.05, 0.1) is 13.2 Å². The largest absolute Gasteiger partial charge is 0.454 e. The third-order valence-electron chi connectivity index (χ3n) is 4.93. The summed E-state index contributed by atoms with van der Waals surface area (Å²) in [5.74, 6) is 1.38. The Hall–Kier alpha value is -3.38. The fourth-order valence-corrected chi connectivity index (χ4v) is 3.53. The molecule has 0 aliphatic carbocycles. The minimum Gasteiger partial charge on any atom is -0.454 e. The van der Waals surface area contributed by atoms with Gasteiger partial charge in [0.25, 0.3) is 5.91 Å². The van der Waals surface area contributed by atoms with Crippen molar-refractivity contribution in [3.8, 4) is 22.6 Å². The Morgan fingerprint density at radius 1 is 0.964 bits per heavy atom. The van der Waals surface area contributed by atoms with Gasteiger partial charge in [0.2, 0.25) is 6.79 Å². The summed E-state index contributed by atoms with van der Waals surface area (Å²) in [5, 5.41) is 0. The third-order valence-corrected chi connectivity index (χ3v) is 4.93. The average molecular weight is 374 g/mol. The van der Waals surface area contributed by atoms with E-state index >= 15 is 0 Å². The molecule has 0 saturated carbocycles. The summed E-state index contributed by atoms with van der Waals surface area (Å²) in [4.78, 5) is 18.7. The topological polar surface area (TPSA) is 60.9 Å². The number of pyridine rings is 1. The molecule has 6 nitrogen and oxygen atoms in total. The van der Waals surface area contributed by atoms with Crippen molar-refractivity contribution in [2.45, 2.75) is 13.2 Å². The number of ether oxygens (including phenoxy) is 3. The lowest BCUT2D eigenvalue weighted by molar-refractivity contribution is -0.123. The monoisotopic (exact) mass is 374 g/mol. The second-order valence-corrected chi connectivity index (χ2v) is 6.75. The second kappa shape index (κ2) is 6.98. The number of benzene rings is 2. The van der Waals surface area contributed by atoms with Crippen LogP contribution < -0.4 is 14.4 Å². The molecule has 0 atom stereocenters. The number of rotatable bonds is 3. The average Bonchev–Trinajstić information content (AvgIpc) is 3.14. The van der Waals surface area contributed by atoms with Crippen LogP contribution in [0.25, 0.3) is 11.1 Å². The van der Waals surface area contributed by atoms with E-state index in [-0.39, 0.29) is 19.3 Å². The highest BCUT2D eigenvalue weighted by Gasteiger charge is 2.24. The summed E-state index contributed by atoms with van der Waals surface area (Å²) in [6.07, 6.45) is 3.58. The van der Waals surface area contributed by atoms with E-state index < -0.39 is 0 Å². The molecule has 2 aliphatic heterocycles. The molecule has 0 unspecified atom stereocenters. The van der Waals surface area contributed by atoms with Gasteiger partial charge in [-0.3, -0.25) is 9.78 Å². The molecular formula is C22H18N2O4. The van der Waals surface area contributed by atoms with Crippen molar-refractivity contribution in [2.75, 3.05) is 18.3 Å². The highest BCUT2D eigenvalue weighted by molar-refractivity contribution is 5.96. The van der Waals surface area contributed by atoms with Crippen LogP contribution in [0.3, 0.4) is 0 Å². The van der Waals surface area contributed by atoms with E-state index in [1.54, 1.807) is 11.1 Å². The molecule has 0 radical (unpaired) electrons. The molecule has 5 rings (SSSR count). The zero-order valence-corrected chi connectivity index (χ0v) is 15.1. The van der Waals surface area contributed by atoms with Crippen LogP contribution in [-0.2, 0) is 22.7 Å². The fourth-order valence-electron chi connectivity index (χ4n) is 3.53. The van der Waals surface area contributed by atoms with Crippen molar-refractivity contribution in [3.63, 3.8) is 0 Å². The van der Waals surface area contributed by atoms with Crippen LogP contribution >= 0.6 is 0 Å². The SMILES string of the molecule is O=C1COCc2cc(-c3cccnc3)ccc2N1Cc1ccc2c(c1)OCO2. The fraction of sp³-hybridized carbons (Fsp3) is 0.182. The van der Waals surface area contributed by atoms with E-state index in [1.165, 1.54) is 0 Å². The van der Waals surface area contributed by atoms with Gasteiger partial charge in [-0.1, -0.05) is 18.2 Å². The zero-order chi connectivity index (χ0) is 18.9. The molecule has 28 heavy (non-hydrogen) atoms. The van der Waals surface area contributed by atoms with Crippen LogP contribution in [-0.4, -0.2) is 24.3 Å². The molecule has 6 heteroatoms. The summed E-state index contributed by atoms with van der Waals surface area (Å²) in [7, 11) is 0. The van der Waals surface area contributed by atoms with Gasteiger partial charge in [0, 0.05) is 29.2 Å². The van der Waals surface area contributed by atoms with Gasteiger partial charge < -0.3 is 19.1 Å². The molecule has 0 saturated heterocycles. The van der Waals surface area contributed by atoms with Crippen molar-refractivity contribution in [1.82, 2.24) is 4.98 Å². The molecule has 2 aromatic carbocycles. The van der Waals surface area contributed by atoms with Crippen molar-refractivity contribution in [1.29, 1.82) is 0 Å². The maximum absolute atomic E-state index is 12.7. The third kappa shape index (κ3) is 3.08. The van der Waals surface area contributed by atoms with Crippen molar-refractivity contribution < 1.29 is 19.0 Å². The number of aromatic nitrogens is 1. The lowest BCUT2D eigenvalue weighted by Crippen LogP contribution is -2.32. The number of hydrogen-bond acceptors (Lipinski definition) is 5. The smallest absolute Gasteiger partial charge is 0.253 e. The molecule has 140 valence electrons. The van der Waals surface area contributed by atoms with Crippen LogP contribution in [0.5, 0.6) is 11.5 Å². The maximum atomic E-state index is 12.7. The van der Waals surface area contributed by atoms with Crippen molar-refractivity contribution in [3.05, 3.63) is 72.1 Å². The minimum absolute atomic E-state index is 0.0570. The number of nitrogens with zero attached hydrogens (tertiary/aromatic N) is 2. The van der Waals surface area contributed by atoms with Crippen LogP contribution in [0.1, 0.15) is 11.1 Å². The maximum Gasteiger partial charge on any atom is 0.253 e. The van der Waals surface area contributed by atoms with Gasteiger partial charge in [0.1, 0.15) is 6.61 Å². The highest BCUT2D eigenvalue weighted by Crippen LogP contribution is 2.35. The van der Waals surface area contributed by atoms with Gasteiger partial charge in [-0.05, 0) is 41.5 Å². The predicted octanol–water partition coefficient (Wildman–Crippen LogP) is 3.54. The number of carbonyl (C=O) groups is 1. The molecular weight excluding hydrogens is 356 g/mol. The van der Waals surface area contributed by atoms with Crippen LogP contribution in [0.2, 0.25) is 0 Å². The van der Waals surface area contributed by atoms with Crippen LogP contribution in [0.4, 0.5) is 5.69 Å². The van der Waals surface area contributed by atoms with E-state index in [4.69, 9.17) is 14.2 Å². The first-order valence-electron chi connectivity index (χ1n) is 9.08. The van der Waals surface area contributed by atoms with E-state index in [9.17, 15) is 4.79 Å². The first-order valence-corrected chi connectivity index (χ1v) is 9.08. The molecule has 0 bridgehead atoms. The number of amides is 1. The van der Waals surface area contributed by atoms with Gasteiger partial charge in [0.15, 0.2) is 11.5 Å². The summed E-state index contributed by atoms with van der Waals surface area (Å²) < 4.78 is 16.4. The standard InChI is InChI=1S/C22H18N2O4/c25-22-13-26-12-18-9-16(17-2-1-7-23-10-17)4-5-19(18)24(22)11-15-3-6-20-21(8-15)28-14-27-20/h1-10H,11-14H2. The van der Waals surface area contributed by atoms with E-state index in [0.717, 1.165) is 33.7 Å². The van der Waals surface area contributed by atoms with E-state index in [0.29, 0.717) is 18.9 Å². The molecule has 0 spiro atoms. The van der Waals surface area contributed by atoms with Crippen LogP contribution in [0.15, 0.2) is 60.9 Å². The minimum atomic E-state index is -0.0643. The summed E-state index contributed by atoms with van der Waals surface area (Å²) in [6.45, 7) is 1.13. The Labute approximate surface area is 162 Å². The Balaban J connectivity index is 1.49. The molecule has 3 aromatic rings. The zero-order valence-electron chi connectivity index (χ0n) is 15.1. The van der Waals surface area contributed by atoms with Crippen molar-refractivity contribution >= 4 is 11.6 Å². The molecule has 1 amide bonds. The van der Waals surface area contributed by atoms with Gasteiger partial charge >= 0.3 is 0 Å². The second-order valence-electron chi connectivity index (χ2n) is 6.75. The number of hydrogen-bond donors (Lipinski definition) is 0. The molecule has 0 fully saturated rings. The van der Waals surface area contributed by atoms with E-state index in [1.807, 2.05) is 48.7 Å². The number of carbonyl (C=O) groups excluding carboxylic acids is 1. The lowest BCUT2D eigenvalue weighted by atomic mass is 10.0. The number of fused-ring (bicyclic) bond motifs is 2. The Bertz CT molecular complexity index is 1040. The summed E-state index contributed by atoms with van der Waals surface area (Å²) in [6, 6.07) is 15.7. The molecule has 2 aliphatic rings. The Kier molecular flexibility index (Phi) is 4.18. The Morgan fingerprint density at radius 2 is 1.89 bits per heavy atom. The van der Waals surface area contributed by atoms with Gasteiger partial charge in [-0.2, -0.15) is 0 Å². The van der Waals surface area contributed by atoms with E-state index in [2.05, 4.69) is 11.1 Å². The van der Waals surface area contributed by atoms with Gasteiger partial charge in [-0.25, -0.2) is 0 Å². The highest BCUT2D eigenvalue weighted by atomic mass is 16.7. The van der Waals surface area contributed by atoms with Gasteiger partial charge in [-0.15, -0.1) is 0 Å².